The Bertz CT molecular complexity index is 338. The van der Waals surface area contributed by atoms with E-state index in [0.29, 0.717) is 5.88 Å². The van der Waals surface area contributed by atoms with Crippen molar-refractivity contribution >= 4 is 21.7 Å². The third-order valence-corrected chi connectivity index (χ3v) is 3.99. The zero-order valence-electron chi connectivity index (χ0n) is 9.53. The number of hydrogen-bond acceptors (Lipinski definition) is 3. The Morgan fingerprint density at radius 3 is 2.81 bits per heavy atom. The fraction of sp³-hybridized carbons (Fsp3) is 0.583. The first-order valence-electron chi connectivity index (χ1n) is 5.65. The molecule has 0 bridgehead atoms. The fourth-order valence-corrected chi connectivity index (χ4v) is 2.66. The molecule has 0 aliphatic carbocycles. The van der Waals surface area contributed by atoms with Gasteiger partial charge in [-0.2, -0.15) is 4.98 Å². The van der Waals surface area contributed by atoms with E-state index in [9.17, 15) is 0 Å². The van der Waals surface area contributed by atoms with Crippen LogP contribution in [0.2, 0.25) is 0 Å². The quantitative estimate of drug-likeness (QED) is 0.798. The lowest BCUT2D eigenvalue weighted by Gasteiger charge is -2.32. The molecule has 4 heteroatoms. The molecule has 1 fully saturated rings. The SMILES string of the molecule is COc1cccc(N2CCC(CBr)CC2)n1. The molecule has 16 heavy (non-hydrogen) atoms. The van der Waals surface area contributed by atoms with Crippen molar-refractivity contribution in [2.45, 2.75) is 12.8 Å². The number of piperidine rings is 1. The van der Waals surface area contributed by atoms with Crippen LogP contribution in [0.4, 0.5) is 5.82 Å². The summed E-state index contributed by atoms with van der Waals surface area (Å²) < 4.78 is 5.14. The molecule has 2 rings (SSSR count). The first-order valence-corrected chi connectivity index (χ1v) is 6.77. The van der Waals surface area contributed by atoms with Crippen molar-refractivity contribution in [1.29, 1.82) is 0 Å². The molecule has 88 valence electrons. The summed E-state index contributed by atoms with van der Waals surface area (Å²) in [6.45, 7) is 2.19. The lowest BCUT2D eigenvalue weighted by molar-refractivity contribution is 0.395. The van der Waals surface area contributed by atoms with Crippen molar-refractivity contribution in [3.63, 3.8) is 0 Å². The van der Waals surface area contributed by atoms with Gasteiger partial charge in [0.15, 0.2) is 0 Å². The average Bonchev–Trinajstić information content (AvgIpc) is 2.39. The summed E-state index contributed by atoms with van der Waals surface area (Å²) in [4.78, 5) is 6.79. The lowest BCUT2D eigenvalue weighted by atomic mass is 9.99. The van der Waals surface area contributed by atoms with Crippen LogP contribution in [0.5, 0.6) is 5.88 Å². The van der Waals surface area contributed by atoms with Gasteiger partial charge in [-0.25, -0.2) is 0 Å². The number of pyridine rings is 1. The average molecular weight is 285 g/mol. The number of aromatic nitrogens is 1. The molecule has 0 atom stereocenters. The monoisotopic (exact) mass is 284 g/mol. The molecule has 1 aromatic rings. The highest BCUT2D eigenvalue weighted by molar-refractivity contribution is 9.09. The Kier molecular flexibility index (Phi) is 4.04. The number of nitrogens with zero attached hydrogens (tertiary/aromatic N) is 2. The van der Waals surface area contributed by atoms with Gasteiger partial charge in [-0.3, -0.25) is 0 Å². The summed E-state index contributed by atoms with van der Waals surface area (Å²) >= 11 is 3.56. The second-order valence-corrected chi connectivity index (χ2v) is 4.77. The summed E-state index contributed by atoms with van der Waals surface area (Å²) in [7, 11) is 1.66. The third kappa shape index (κ3) is 2.67. The normalized spacial score (nSPS) is 17.5. The summed E-state index contributed by atoms with van der Waals surface area (Å²) in [6.07, 6.45) is 2.48. The molecule has 0 spiro atoms. The number of hydrogen-bond donors (Lipinski definition) is 0. The zero-order valence-corrected chi connectivity index (χ0v) is 11.1. The molecule has 2 heterocycles. The van der Waals surface area contributed by atoms with E-state index < -0.39 is 0 Å². The van der Waals surface area contributed by atoms with Gasteiger partial charge >= 0.3 is 0 Å². The van der Waals surface area contributed by atoms with E-state index in [1.54, 1.807) is 7.11 Å². The van der Waals surface area contributed by atoms with Crippen molar-refractivity contribution in [2.24, 2.45) is 5.92 Å². The first kappa shape index (κ1) is 11.7. The maximum Gasteiger partial charge on any atom is 0.214 e. The molecular formula is C12H17BrN2O. The molecule has 0 unspecified atom stereocenters. The van der Waals surface area contributed by atoms with Gasteiger partial charge in [-0.05, 0) is 24.8 Å². The Morgan fingerprint density at radius 2 is 2.19 bits per heavy atom. The van der Waals surface area contributed by atoms with E-state index >= 15 is 0 Å². The van der Waals surface area contributed by atoms with Crippen molar-refractivity contribution < 1.29 is 4.74 Å². The van der Waals surface area contributed by atoms with Crippen LogP contribution in [0.15, 0.2) is 18.2 Å². The largest absolute Gasteiger partial charge is 0.481 e. The number of rotatable bonds is 3. The van der Waals surface area contributed by atoms with E-state index in [1.807, 2.05) is 12.1 Å². The van der Waals surface area contributed by atoms with Crippen LogP contribution in [0, 0.1) is 5.92 Å². The smallest absolute Gasteiger partial charge is 0.214 e. The van der Waals surface area contributed by atoms with Gasteiger partial charge in [0.1, 0.15) is 5.82 Å². The van der Waals surface area contributed by atoms with Gasteiger partial charge in [0, 0.05) is 24.5 Å². The molecular weight excluding hydrogens is 268 g/mol. The van der Waals surface area contributed by atoms with Gasteiger partial charge in [-0.15, -0.1) is 0 Å². The van der Waals surface area contributed by atoms with Crippen molar-refractivity contribution in [1.82, 2.24) is 4.98 Å². The van der Waals surface area contributed by atoms with E-state index in [-0.39, 0.29) is 0 Å². The summed E-state index contributed by atoms with van der Waals surface area (Å²) in [5.74, 6) is 2.55. The van der Waals surface area contributed by atoms with Crippen molar-refractivity contribution in [3.05, 3.63) is 18.2 Å². The molecule has 1 aromatic heterocycles. The second-order valence-electron chi connectivity index (χ2n) is 4.12. The van der Waals surface area contributed by atoms with Crippen molar-refractivity contribution in [2.75, 3.05) is 30.4 Å². The number of ether oxygens (including phenoxy) is 1. The highest BCUT2D eigenvalue weighted by atomic mass is 79.9. The Hall–Kier alpha value is -0.770. The lowest BCUT2D eigenvalue weighted by Crippen LogP contribution is -2.34. The predicted molar refractivity (Wildman–Crippen MR) is 69.5 cm³/mol. The fourth-order valence-electron chi connectivity index (χ4n) is 2.01. The number of halogens is 1. The number of alkyl halides is 1. The number of methoxy groups -OCH3 is 1. The van der Waals surface area contributed by atoms with E-state index in [2.05, 4.69) is 31.9 Å². The van der Waals surface area contributed by atoms with E-state index in [1.165, 1.54) is 12.8 Å². The van der Waals surface area contributed by atoms with Gasteiger partial charge in [0.2, 0.25) is 5.88 Å². The highest BCUT2D eigenvalue weighted by Gasteiger charge is 2.19. The molecule has 3 nitrogen and oxygen atoms in total. The maximum atomic E-state index is 5.14. The van der Waals surface area contributed by atoms with Gasteiger partial charge in [-0.1, -0.05) is 22.0 Å². The molecule has 0 radical (unpaired) electrons. The first-order chi connectivity index (χ1) is 7.83. The summed E-state index contributed by atoms with van der Waals surface area (Å²) in [5, 5.41) is 1.12. The standard InChI is InChI=1S/C12H17BrN2O/c1-16-12-4-2-3-11(14-12)15-7-5-10(9-13)6-8-15/h2-4,10H,5-9H2,1H3. The van der Waals surface area contributed by atoms with E-state index in [0.717, 1.165) is 30.2 Å². The second kappa shape index (κ2) is 5.53. The summed E-state index contributed by atoms with van der Waals surface area (Å²) in [5.41, 5.74) is 0. The number of anilines is 1. The third-order valence-electron chi connectivity index (χ3n) is 3.07. The topological polar surface area (TPSA) is 25.4 Å². The molecule has 0 saturated carbocycles. The minimum Gasteiger partial charge on any atom is -0.481 e. The summed E-state index contributed by atoms with van der Waals surface area (Å²) in [6, 6.07) is 5.93. The molecule has 0 N–H and O–H groups in total. The Balaban J connectivity index is 2.02. The van der Waals surface area contributed by atoms with Gasteiger partial charge in [0.05, 0.1) is 7.11 Å². The van der Waals surface area contributed by atoms with Gasteiger partial charge < -0.3 is 9.64 Å². The Morgan fingerprint density at radius 1 is 1.44 bits per heavy atom. The van der Waals surface area contributed by atoms with Crippen LogP contribution in [0.25, 0.3) is 0 Å². The molecule has 1 aliphatic heterocycles. The van der Waals surface area contributed by atoms with Crippen LogP contribution >= 0.6 is 15.9 Å². The van der Waals surface area contributed by atoms with E-state index in [4.69, 9.17) is 4.74 Å². The highest BCUT2D eigenvalue weighted by Crippen LogP contribution is 2.24. The molecule has 0 aromatic carbocycles. The van der Waals surface area contributed by atoms with Gasteiger partial charge in [0.25, 0.3) is 0 Å². The molecule has 1 aliphatic rings. The van der Waals surface area contributed by atoms with Crippen LogP contribution in [-0.4, -0.2) is 30.5 Å². The molecule has 0 amide bonds. The molecule has 1 saturated heterocycles. The zero-order chi connectivity index (χ0) is 11.4. The predicted octanol–water partition coefficient (Wildman–Crippen LogP) is 2.70. The minimum atomic E-state index is 0.695. The maximum absolute atomic E-state index is 5.14. The minimum absolute atomic E-state index is 0.695. The Labute approximate surface area is 105 Å². The van der Waals surface area contributed by atoms with Crippen LogP contribution in [0.3, 0.4) is 0 Å². The van der Waals surface area contributed by atoms with Crippen LogP contribution < -0.4 is 9.64 Å². The van der Waals surface area contributed by atoms with Crippen LogP contribution in [-0.2, 0) is 0 Å². The van der Waals surface area contributed by atoms with Crippen LogP contribution in [0.1, 0.15) is 12.8 Å². The van der Waals surface area contributed by atoms with Crippen molar-refractivity contribution in [3.8, 4) is 5.88 Å².